The minimum Gasteiger partial charge on any atom is -0.384 e. The van der Waals surface area contributed by atoms with E-state index < -0.39 is 6.10 Å². The lowest BCUT2D eigenvalue weighted by Gasteiger charge is -2.33. The van der Waals surface area contributed by atoms with Crippen molar-refractivity contribution in [3.63, 3.8) is 0 Å². The summed E-state index contributed by atoms with van der Waals surface area (Å²) in [6, 6.07) is 6.55. The molecule has 1 aliphatic heterocycles. The SMILES string of the molecule is CC(O)C(=O)N1CCC(Nc2ccc(F)cc2)CC1. The number of nitrogens with one attached hydrogen (secondary N) is 1. The minimum absolute atomic E-state index is 0.208. The number of carbonyl (C=O) groups is 1. The van der Waals surface area contributed by atoms with Gasteiger partial charge in [0.15, 0.2) is 0 Å². The van der Waals surface area contributed by atoms with Crippen molar-refractivity contribution >= 4 is 11.6 Å². The summed E-state index contributed by atoms with van der Waals surface area (Å²) < 4.78 is 12.8. The summed E-state index contributed by atoms with van der Waals surface area (Å²) in [5, 5.41) is 12.6. The molecule has 1 saturated heterocycles. The molecule has 0 aromatic heterocycles. The molecule has 19 heavy (non-hydrogen) atoms. The fourth-order valence-electron chi connectivity index (χ4n) is 2.29. The lowest BCUT2D eigenvalue weighted by Crippen LogP contribution is -2.45. The van der Waals surface area contributed by atoms with E-state index in [0.29, 0.717) is 13.1 Å². The van der Waals surface area contributed by atoms with Crippen LogP contribution in [0.15, 0.2) is 24.3 Å². The number of likely N-dealkylation sites (tertiary alicyclic amines) is 1. The Morgan fingerprint density at radius 2 is 1.95 bits per heavy atom. The first kappa shape index (κ1) is 13.8. The van der Waals surface area contributed by atoms with E-state index in [9.17, 15) is 14.3 Å². The van der Waals surface area contributed by atoms with Gasteiger partial charge in [-0.2, -0.15) is 0 Å². The highest BCUT2D eigenvalue weighted by atomic mass is 19.1. The number of hydrogen-bond donors (Lipinski definition) is 2. The molecule has 1 aromatic carbocycles. The second-order valence-electron chi connectivity index (χ2n) is 4.93. The Morgan fingerprint density at radius 1 is 1.37 bits per heavy atom. The van der Waals surface area contributed by atoms with Gasteiger partial charge in [-0.15, -0.1) is 0 Å². The van der Waals surface area contributed by atoms with Crippen molar-refractivity contribution in [2.45, 2.75) is 31.9 Å². The molecule has 1 aliphatic rings. The first-order valence-corrected chi connectivity index (χ1v) is 6.55. The van der Waals surface area contributed by atoms with Crippen LogP contribution in [0.25, 0.3) is 0 Å². The van der Waals surface area contributed by atoms with Crippen LogP contribution in [0.3, 0.4) is 0 Å². The zero-order valence-corrected chi connectivity index (χ0v) is 11.0. The Kier molecular flexibility index (Phi) is 4.37. The predicted molar refractivity (Wildman–Crippen MR) is 71.3 cm³/mol. The number of piperidine rings is 1. The van der Waals surface area contributed by atoms with Gasteiger partial charge in [0.05, 0.1) is 0 Å². The number of benzene rings is 1. The van der Waals surface area contributed by atoms with Crippen molar-refractivity contribution in [2.24, 2.45) is 0 Å². The van der Waals surface area contributed by atoms with Crippen LogP contribution in [-0.2, 0) is 4.79 Å². The number of carbonyl (C=O) groups excluding carboxylic acids is 1. The van der Waals surface area contributed by atoms with Gasteiger partial charge in [-0.25, -0.2) is 4.39 Å². The molecule has 0 spiro atoms. The molecule has 1 fully saturated rings. The molecule has 1 aromatic rings. The van der Waals surface area contributed by atoms with Crippen molar-refractivity contribution in [2.75, 3.05) is 18.4 Å². The largest absolute Gasteiger partial charge is 0.384 e. The molecule has 2 rings (SSSR count). The topological polar surface area (TPSA) is 52.6 Å². The normalized spacial score (nSPS) is 18.2. The highest BCUT2D eigenvalue weighted by Crippen LogP contribution is 2.17. The molecule has 1 amide bonds. The van der Waals surface area contributed by atoms with Gasteiger partial charge in [-0.05, 0) is 44.0 Å². The summed E-state index contributed by atoms with van der Waals surface area (Å²) >= 11 is 0. The van der Waals surface area contributed by atoms with Crippen molar-refractivity contribution < 1.29 is 14.3 Å². The molecule has 1 atom stereocenters. The molecule has 104 valence electrons. The molecule has 1 unspecified atom stereocenters. The summed E-state index contributed by atoms with van der Waals surface area (Å²) in [5.41, 5.74) is 0.890. The van der Waals surface area contributed by atoms with Crippen LogP contribution < -0.4 is 5.32 Å². The predicted octanol–water partition coefficient (Wildman–Crippen LogP) is 1.61. The van der Waals surface area contributed by atoms with E-state index in [1.807, 2.05) is 0 Å². The van der Waals surface area contributed by atoms with Crippen LogP contribution in [-0.4, -0.2) is 41.1 Å². The Morgan fingerprint density at radius 3 is 2.47 bits per heavy atom. The molecule has 0 bridgehead atoms. The van der Waals surface area contributed by atoms with E-state index in [0.717, 1.165) is 18.5 Å². The molecule has 1 heterocycles. The van der Waals surface area contributed by atoms with Crippen LogP contribution in [0.5, 0.6) is 0 Å². The highest BCUT2D eigenvalue weighted by Gasteiger charge is 2.24. The number of anilines is 1. The maximum Gasteiger partial charge on any atom is 0.251 e. The van der Waals surface area contributed by atoms with Gasteiger partial charge in [-0.3, -0.25) is 4.79 Å². The van der Waals surface area contributed by atoms with E-state index in [1.165, 1.54) is 19.1 Å². The fourth-order valence-corrected chi connectivity index (χ4v) is 2.29. The third kappa shape index (κ3) is 3.67. The number of aliphatic hydroxyl groups excluding tert-OH is 1. The van der Waals surface area contributed by atoms with Crippen LogP contribution in [0, 0.1) is 5.82 Å². The summed E-state index contributed by atoms with van der Waals surface area (Å²) in [6.07, 6.45) is 0.729. The Hall–Kier alpha value is -1.62. The average molecular weight is 266 g/mol. The zero-order valence-electron chi connectivity index (χ0n) is 11.0. The summed E-state index contributed by atoms with van der Waals surface area (Å²) in [4.78, 5) is 13.3. The molecule has 5 heteroatoms. The van der Waals surface area contributed by atoms with E-state index >= 15 is 0 Å². The van der Waals surface area contributed by atoms with Gasteiger partial charge in [0.2, 0.25) is 0 Å². The second kappa shape index (κ2) is 6.02. The number of nitrogens with zero attached hydrogens (tertiary/aromatic N) is 1. The first-order chi connectivity index (χ1) is 9.06. The smallest absolute Gasteiger partial charge is 0.251 e. The molecule has 0 radical (unpaired) electrons. The molecule has 0 aliphatic carbocycles. The minimum atomic E-state index is -0.929. The highest BCUT2D eigenvalue weighted by molar-refractivity contribution is 5.80. The van der Waals surface area contributed by atoms with Crippen LogP contribution >= 0.6 is 0 Å². The Bertz CT molecular complexity index is 426. The van der Waals surface area contributed by atoms with Gasteiger partial charge < -0.3 is 15.3 Å². The summed E-state index contributed by atoms with van der Waals surface area (Å²) in [7, 11) is 0. The number of hydrogen-bond acceptors (Lipinski definition) is 3. The molecule has 0 saturated carbocycles. The van der Waals surface area contributed by atoms with Crippen LogP contribution in [0.4, 0.5) is 10.1 Å². The summed E-state index contributed by atoms with van der Waals surface area (Å²) in [5.74, 6) is -0.455. The third-order valence-electron chi connectivity index (χ3n) is 3.38. The molecule has 2 N–H and O–H groups in total. The number of amides is 1. The van der Waals surface area contributed by atoms with Gasteiger partial charge in [0.1, 0.15) is 11.9 Å². The van der Waals surface area contributed by atoms with E-state index in [-0.39, 0.29) is 17.8 Å². The van der Waals surface area contributed by atoms with E-state index in [4.69, 9.17) is 0 Å². The second-order valence-corrected chi connectivity index (χ2v) is 4.93. The average Bonchev–Trinajstić information content (AvgIpc) is 2.41. The van der Waals surface area contributed by atoms with Crippen molar-refractivity contribution in [3.8, 4) is 0 Å². The maximum absolute atomic E-state index is 12.8. The van der Waals surface area contributed by atoms with Crippen LogP contribution in [0.1, 0.15) is 19.8 Å². The molecule has 4 nitrogen and oxygen atoms in total. The van der Waals surface area contributed by atoms with Gasteiger partial charge in [-0.1, -0.05) is 0 Å². The van der Waals surface area contributed by atoms with Crippen molar-refractivity contribution in [1.82, 2.24) is 4.90 Å². The van der Waals surface area contributed by atoms with Crippen molar-refractivity contribution in [3.05, 3.63) is 30.1 Å². The number of aliphatic hydroxyl groups is 1. The van der Waals surface area contributed by atoms with Crippen LogP contribution in [0.2, 0.25) is 0 Å². The molecular formula is C14H19FN2O2. The maximum atomic E-state index is 12.8. The fraction of sp³-hybridized carbons (Fsp3) is 0.500. The standard InChI is InChI=1S/C14H19FN2O2/c1-10(18)14(19)17-8-6-13(7-9-17)16-12-4-2-11(15)3-5-12/h2-5,10,13,16,18H,6-9H2,1H3. The van der Waals surface area contributed by atoms with Gasteiger partial charge >= 0.3 is 0 Å². The molecular weight excluding hydrogens is 247 g/mol. The van der Waals surface area contributed by atoms with E-state index in [1.54, 1.807) is 17.0 Å². The quantitative estimate of drug-likeness (QED) is 0.874. The zero-order chi connectivity index (χ0) is 13.8. The van der Waals surface area contributed by atoms with Gasteiger partial charge in [0, 0.05) is 24.8 Å². The monoisotopic (exact) mass is 266 g/mol. The van der Waals surface area contributed by atoms with E-state index in [2.05, 4.69) is 5.32 Å². The lowest BCUT2D eigenvalue weighted by molar-refractivity contribution is -0.140. The lowest BCUT2D eigenvalue weighted by atomic mass is 10.0. The third-order valence-corrected chi connectivity index (χ3v) is 3.38. The van der Waals surface area contributed by atoms with Gasteiger partial charge in [0.25, 0.3) is 5.91 Å². The Labute approximate surface area is 112 Å². The first-order valence-electron chi connectivity index (χ1n) is 6.55. The number of rotatable bonds is 3. The summed E-state index contributed by atoms with van der Waals surface area (Å²) in [6.45, 7) is 2.77. The number of halogens is 1. The van der Waals surface area contributed by atoms with Crippen molar-refractivity contribution in [1.29, 1.82) is 0 Å². The Balaban J connectivity index is 1.83.